The summed E-state index contributed by atoms with van der Waals surface area (Å²) in [4.78, 5) is 9.51. The molecule has 2 saturated heterocycles. The number of benzene rings is 1. The average Bonchev–Trinajstić information content (AvgIpc) is 3.64. The molecule has 0 spiro atoms. The van der Waals surface area contributed by atoms with Gasteiger partial charge in [0.05, 0.1) is 5.69 Å². The maximum absolute atomic E-state index is 6.15. The highest BCUT2D eigenvalue weighted by Gasteiger charge is 2.19. The maximum Gasteiger partial charge on any atom is 0.164 e. The van der Waals surface area contributed by atoms with E-state index in [-0.39, 0.29) is 0 Å². The fraction of sp³-hybridized carbons (Fsp3) is 0.455. The number of hydrogen-bond acceptors (Lipinski definition) is 5. The minimum Gasteiger partial charge on any atom is -0.492 e. The number of ether oxygens (including phenoxy) is 1. The van der Waals surface area contributed by atoms with Crippen LogP contribution >= 0.6 is 8.35 Å². The number of nitrogens with zero attached hydrogens (tertiary/aromatic N) is 4. The number of aromatic nitrogens is 2. The van der Waals surface area contributed by atoms with Crippen molar-refractivity contribution < 1.29 is 4.74 Å². The zero-order valence-corrected chi connectivity index (χ0v) is 25.7. The van der Waals surface area contributed by atoms with Crippen molar-refractivity contribution in [2.75, 3.05) is 38.1 Å². The zero-order chi connectivity index (χ0) is 28.3. The summed E-state index contributed by atoms with van der Waals surface area (Å²) in [5, 5.41) is 4.79. The first kappa shape index (κ1) is 29.9. The molecule has 7 heteroatoms. The van der Waals surface area contributed by atoms with Crippen LogP contribution < -0.4 is 10.1 Å². The van der Waals surface area contributed by atoms with Crippen LogP contribution in [-0.2, 0) is 0 Å². The van der Waals surface area contributed by atoms with E-state index in [1.54, 1.807) is 0 Å². The van der Waals surface area contributed by atoms with Crippen LogP contribution in [0.5, 0.6) is 5.75 Å². The van der Waals surface area contributed by atoms with Gasteiger partial charge in [-0.1, -0.05) is 45.1 Å². The van der Waals surface area contributed by atoms with E-state index in [1.807, 2.05) is 26.2 Å². The van der Waals surface area contributed by atoms with Crippen LogP contribution in [0.3, 0.4) is 0 Å². The molecule has 0 aliphatic carbocycles. The van der Waals surface area contributed by atoms with Crippen LogP contribution in [0.1, 0.15) is 59.8 Å². The Balaban J connectivity index is 0.00000181. The summed E-state index contributed by atoms with van der Waals surface area (Å²) in [6, 6.07) is 11.2. The first-order valence-electron chi connectivity index (χ1n) is 14.9. The molecule has 1 N–H and O–H groups in total. The Morgan fingerprint density at radius 1 is 1.15 bits per heavy atom. The summed E-state index contributed by atoms with van der Waals surface area (Å²) in [7, 11) is 1.08. The predicted octanol–water partition coefficient (Wildman–Crippen LogP) is 8.34. The number of imidazole rings is 1. The van der Waals surface area contributed by atoms with Gasteiger partial charge in [-0.2, -0.15) is 0 Å². The molecule has 1 atom stereocenters. The van der Waals surface area contributed by atoms with Gasteiger partial charge < -0.3 is 15.0 Å². The van der Waals surface area contributed by atoms with Gasteiger partial charge >= 0.3 is 0 Å². The van der Waals surface area contributed by atoms with E-state index in [1.165, 1.54) is 56.1 Å². The number of piperidine rings is 1. The lowest BCUT2D eigenvalue weighted by molar-refractivity contribution is 0.183. The quantitative estimate of drug-likeness (QED) is 0.253. The Morgan fingerprint density at radius 2 is 1.98 bits per heavy atom. The molecule has 2 aromatic heterocycles. The van der Waals surface area contributed by atoms with Gasteiger partial charge in [0.1, 0.15) is 12.4 Å². The van der Waals surface area contributed by atoms with E-state index in [0.717, 1.165) is 56.5 Å². The number of hydrogen-bond donors (Lipinski definition) is 1. The molecule has 6 nitrogen and oxygen atoms in total. The van der Waals surface area contributed by atoms with Crippen molar-refractivity contribution in [1.29, 1.82) is 0 Å². The van der Waals surface area contributed by atoms with Gasteiger partial charge in [-0.25, -0.2) is 4.98 Å². The van der Waals surface area contributed by atoms with Crippen molar-refractivity contribution in [3.05, 3.63) is 78.9 Å². The molecule has 0 bridgehead atoms. The molecule has 40 heavy (non-hydrogen) atoms. The van der Waals surface area contributed by atoms with E-state index in [4.69, 9.17) is 4.74 Å². The lowest BCUT2D eigenvalue weighted by Crippen LogP contribution is -2.33. The van der Waals surface area contributed by atoms with E-state index in [9.17, 15) is 0 Å². The lowest BCUT2D eigenvalue weighted by Gasteiger charge is -2.26. The molecule has 2 aliphatic heterocycles. The Bertz CT molecular complexity index is 1310. The third-order valence-electron chi connectivity index (χ3n) is 7.50. The predicted molar refractivity (Wildman–Crippen MR) is 171 cm³/mol. The van der Waals surface area contributed by atoms with Crippen molar-refractivity contribution in [1.82, 2.24) is 18.9 Å². The van der Waals surface area contributed by atoms with Crippen LogP contribution in [0.4, 0.5) is 5.69 Å². The summed E-state index contributed by atoms with van der Waals surface area (Å²) >= 11 is 0. The highest BCUT2D eigenvalue weighted by atomic mass is 31.0. The van der Waals surface area contributed by atoms with Gasteiger partial charge in [0.25, 0.3) is 0 Å². The molecule has 3 aromatic rings. The maximum atomic E-state index is 6.15. The van der Waals surface area contributed by atoms with Crippen LogP contribution in [0.15, 0.2) is 78.9 Å². The Kier molecular flexibility index (Phi) is 11.3. The normalized spacial score (nSPS) is 18.4. The van der Waals surface area contributed by atoms with Crippen LogP contribution in [0, 0.1) is 0 Å². The number of anilines is 1. The average molecular weight is 560 g/mol. The summed E-state index contributed by atoms with van der Waals surface area (Å²) in [6.07, 6.45) is 16.7. The van der Waals surface area contributed by atoms with Crippen molar-refractivity contribution in [3.63, 3.8) is 0 Å². The zero-order valence-electron chi connectivity index (χ0n) is 24.8. The summed E-state index contributed by atoms with van der Waals surface area (Å²) in [5.41, 5.74) is 5.24. The SMILES string of the molecule is C=C(/C=C\C=C(/C)Nc1cc(-c2cccc(OCCN3CCCCC3)c2)pn2ccnc12)N1CCCC1C.CC. The Hall–Kier alpha value is -3.08. The molecule has 214 valence electrons. The second-order valence-electron chi connectivity index (χ2n) is 10.4. The van der Waals surface area contributed by atoms with Gasteiger partial charge in [-0.3, -0.25) is 9.06 Å². The standard InChI is InChI=1S/C31H40N5OP.C2H6/c1-24(10-7-11-25(2)35-18-9-12-26(35)3)33-29-23-30(38-36-19-15-32-31(29)36)27-13-8-14-28(22-27)37-21-20-34-16-5-4-6-17-34;1-2/h7-8,10-11,13-15,19,22-23,26,33H,2,4-6,9,12,16-18,20-21H2,1,3H3;1-2H3/b11-7-,24-10+;. The minimum absolute atomic E-state index is 0.577. The Labute approximate surface area is 242 Å². The van der Waals surface area contributed by atoms with Gasteiger partial charge in [-0.05, 0) is 88.5 Å². The third kappa shape index (κ3) is 7.99. The molecule has 2 fully saturated rings. The molecular formula is C33H46N5OP. The topological polar surface area (TPSA) is 45.0 Å². The van der Waals surface area contributed by atoms with Gasteiger partial charge in [0.15, 0.2) is 5.65 Å². The van der Waals surface area contributed by atoms with Crippen LogP contribution in [0.2, 0.25) is 0 Å². The molecule has 0 amide bonds. The number of allylic oxidation sites excluding steroid dienone is 4. The second-order valence-corrected chi connectivity index (χ2v) is 11.5. The molecule has 1 unspecified atom stereocenters. The monoisotopic (exact) mass is 559 g/mol. The van der Waals surface area contributed by atoms with Crippen LogP contribution in [0.25, 0.3) is 16.5 Å². The fourth-order valence-electron chi connectivity index (χ4n) is 5.38. The number of fused-ring (bicyclic) bond motifs is 1. The minimum atomic E-state index is 0.577. The van der Waals surface area contributed by atoms with Crippen LogP contribution in [-0.4, -0.2) is 57.8 Å². The largest absolute Gasteiger partial charge is 0.492 e. The summed E-state index contributed by atoms with van der Waals surface area (Å²) in [5.74, 6) is 0.926. The molecule has 4 heterocycles. The Morgan fingerprint density at radius 3 is 2.75 bits per heavy atom. The molecule has 2 aliphatic rings. The first-order chi connectivity index (χ1) is 19.6. The molecular weight excluding hydrogens is 513 g/mol. The smallest absolute Gasteiger partial charge is 0.164 e. The highest BCUT2D eigenvalue weighted by Crippen LogP contribution is 2.35. The fourth-order valence-corrected chi connectivity index (χ4v) is 6.44. The summed E-state index contributed by atoms with van der Waals surface area (Å²) < 4.78 is 8.32. The third-order valence-corrected chi connectivity index (χ3v) is 8.64. The van der Waals surface area contributed by atoms with Gasteiger partial charge in [-0.15, -0.1) is 0 Å². The number of rotatable bonds is 10. The molecule has 5 rings (SSSR count). The number of nitrogens with one attached hydrogen (secondary N) is 1. The van der Waals surface area contributed by atoms with Crippen molar-refractivity contribution in [2.24, 2.45) is 0 Å². The first-order valence-corrected chi connectivity index (χ1v) is 15.8. The van der Waals surface area contributed by atoms with Crippen molar-refractivity contribution >= 4 is 19.7 Å². The number of likely N-dealkylation sites (tertiary alicyclic amines) is 2. The van der Waals surface area contributed by atoms with Gasteiger partial charge in [0.2, 0.25) is 0 Å². The molecule has 0 radical (unpaired) electrons. The van der Waals surface area contributed by atoms with E-state index < -0.39 is 0 Å². The second kappa shape index (κ2) is 15.1. The van der Waals surface area contributed by atoms with E-state index in [2.05, 4.69) is 93.3 Å². The van der Waals surface area contributed by atoms with Gasteiger partial charge in [0, 0.05) is 56.6 Å². The molecule has 1 aromatic carbocycles. The summed E-state index contributed by atoms with van der Waals surface area (Å²) in [6.45, 7) is 17.8. The van der Waals surface area contributed by atoms with Crippen molar-refractivity contribution in [2.45, 2.75) is 65.8 Å². The highest BCUT2D eigenvalue weighted by molar-refractivity contribution is 7.30. The molecule has 0 saturated carbocycles. The van der Waals surface area contributed by atoms with E-state index in [0.29, 0.717) is 6.04 Å². The van der Waals surface area contributed by atoms with Crippen molar-refractivity contribution in [3.8, 4) is 16.6 Å². The van der Waals surface area contributed by atoms with E-state index >= 15 is 0 Å². The lowest BCUT2D eigenvalue weighted by atomic mass is 10.1.